The Kier molecular flexibility index (Phi) is 4.00. The number of nitrogens with one attached hydrogen (secondary N) is 2. The third kappa shape index (κ3) is 3.14. The van der Waals surface area contributed by atoms with Gasteiger partial charge in [-0.2, -0.15) is 0 Å². The molecule has 0 aliphatic carbocycles. The zero-order valence-electron chi connectivity index (χ0n) is 11.0. The highest BCUT2D eigenvalue weighted by Gasteiger charge is 2.09. The largest absolute Gasteiger partial charge is 0.399 e. The smallest absolute Gasteiger partial charge is 0.269 e. The van der Waals surface area contributed by atoms with E-state index in [-0.39, 0.29) is 5.91 Å². The van der Waals surface area contributed by atoms with Crippen molar-refractivity contribution < 1.29 is 9.59 Å². The predicted molar refractivity (Wildman–Crippen MR) is 77.0 cm³/mol. The Morgan fingerprint density at radius 2 is 1.50 bits per heavy atom. The number of carbonyl (C=O) groups excluding carboxylic acids is 2. The van der Waals surface area contributed by atoms with Gasteiger partial charge in [0.05, 0.1) is 0 Å². The number of aryl methyl sites for hydroxylation is 1. The molecule has 0 aromatic heterocycles. The Hall–Kier alpha value is -2.82. The Labute approximate surface area is 116 Å². The van der Waals surface area contributed by atoms with Crippen molar-refractivity contribution in [2.24, 2.45) is 0 Å². The van der Waals surface area contributed by atoms with Gasteiger partial charge in [-0.05, 0) is 42.8 Å². The van der Waals surface area contributed by atoms with Crippen molar-refractivity contribution in [3.05, 3.63) is 65.2 Å². The molecular formula is C15H15N3O2. The highest BCUT2D eigenvalue weighted by Crippen LogP contribution is 2.12. The topological polar surface area (TPSA) is 84.2 Å². The van der Waals surface area contributed by atoms with Crippen molar-refractivity contribution in [2.75, 3.05) is 5.73 Å². The fraction of sp³-hybridized carbons (Fsp3) is 0.0667. The molecule has 102 valence electrons. The third-order valence-corrected chi connectivity index (χ3v) is 2.86. The Balaban J connectivity index is 1.98. The van der Waals surface area contributed by atoms with Crippen LogP contribution >= 0.6 is 0 Å². The number of rotatable bonds is 2. The van der Waals surface area contributed by atoms with Crippen molar-refractivity contribution in [3.63, 3.8) is 0 Å². The van der Waals surface area contributed by atoms with E-state index in [9.17, 15) is 9.59 Å². The molecule has 4 N–H and O–H groups in total. The van der Waals surface area contributed by atoms with E-state index in [1.54, 1.807) is 42.5 Å². The summed E-state index contributed by atoms with van der Waals surface area (Å²) in [4.78, 5) is 23.6. The minimum atomic E-state index is -0.391. The molecule has 0 aliphatic rings. The van der Waals surface area contributed by atoms with Crippen LogP contribution in [-0.4, -0.2) is 11.8 Å². The lowest BCUT2D eigenvalue weighted by Crippen LogP contribution is -2.41. The van der Waals surface area contributed by atoms with Crippen molar-refractivity contribution in [3.8, 4) is 0 Å². The van der Waals surface area contributed by atoms with Crippen LogP contribution in [0.25, 0.3) is 0 Å². The van der Waals surface area contributed by atoms with Gasteiger partial charge >= 0.3 is 0 Å². The second kappa shape index (κ2) is 5.88. The first kappa shape index (κ1) is 13.6. The van der Waals surface area contributed by atoms with Gasteiger partial charge in [-0.1, -0.05) is 18.2 Å². The fourth-order valence-electron chi connectivity index (χ4n) is 1.66. The second-order valence-electron chi connectivity index (χ2n) is 4.35. The van der Waals surface area contributed by atoms with Crippen LogP contribution in [0.5, 0.6) is 0 Å². The van der Waals surface area contributed by atoms with Gasteiger partial charge in [-0.15, -0.1) is 0 Å². The number of nitrogen functional groups attached to an aromatic ring is 1. The average molecular weight is 269 g/mol. The van der Waals surface area contributed by atoms with E-state index in [0.717, 1.165) is 5.56 Å². The Bertz CT molecular complexity index is 639. The van der Waals surface area contributed by atoms with Gasteiger partial charge in [0, 0.05) is 16.8 Å². The first-order valence-corrected chi connectivity index (χ1v) is 6.10. The van der Waals surface area contributed by atoms with Crippen LogP contribution in [0.1, 0.15) is 26.3 Å². The van der Waals surface area contributed by atoms with E-state index in [0.29, 0.717) is 16.8 Å². The first-order chi connectivity index (χ1) is 9.58. The normalized spacial score (nSPS) is 9.85. The van der Waals surface area contributed by atoms with Crippen molar-refractivity contribution in [1.29, 1.82) is 0 Å². The van der Waals surface area contributed by atoms with Crippen LogP contribution in [-0.2, 0) is 0 Å². The number of hydrazine groups is 1. The molecule has 0 spiro atoms. The van der Waals surface area contributed by atoms with E-state index in [1.165, 1.54) is 0 Å². The summed E-state index contributed by atoms with van der Waals surface area (Å²) in [6.45, 7) is 1.81. The summed E-state index contributed by atoms with van der Waals surface area (Å²) >= 11 is 0. The van der Waals surface area contributed by atoms with Gasteiger partial charge in [0.2, 0.25) is 0 Å². The number of carbonyl (C=O) groups is 2. The first-order valence-electron chi connectivity index (χ1n) is 6.10. The standard InChI is InChI=1S/C15H15N3O2/c1-10-9-12(7-8-13(10)16)15(20)18-17-14(19)11-5-3-2-4-6-11/h2-9H,16H2,1H3,(H,17,19)(H,18,20). The van der Waals surface area contributed by atoms with Crippen LogP contribution in [0.2, 0.25) is 0 Å². The van der Waals surface area contributed by atoms with Gasteiger partial charge in [0.15, 0.2) is 0 Å². The molecule has 0 saturated carbocycles. The molecule has 0 bridgehead atoms. The Morgan fingerprint density at radius 1 is 0.900 bits per heavy atom. The minimum Gasteiger partial charge on any atom is -0.399 e. The third-order valence-electron chi connectivity index (χ3n) is 2.86. The van der Waals surface area contributed by atoms with Crippen LogP contribution in [0, 0.1) is 6.92 Å². The molecule has 5 heteroatoms. The van der Waals surface area contributed by atoms with Gasteiger partial charge in [0.1, 0.15) is 0 Å². The maximum atomic E-state index is 11.9. The zero-order valence-corrected chi connectivity index (χ0v) is 11.0. The van der Waals surface area contributed by atoms with E-state index in [4.69, 9.17) is 5.73 Å². The number of hydrogen-bond acceptors (Lipinski definition) is 3. The lowest BCUT2D eigenvalue weighted by molar-refractivity contribution is 0.0846. The van der Waals surface area contributed by atoms with Crippen LogP contribution in [0.3, 0.4) is 0 Å². The molecule has 0 fully saturated rings. The highest BCUT2D eigenvalue weighted by molar-refractivity contribution is 5.99. The number of hydrogen-bond donors (Lipinski definition) is 3. The minimum absolute atomic E-state index is 0.369. The van der Waals surface area contributed by atoms with E-state index in [1.807, 2.05) is 13.0 Å². The lowest BCUT2D eigenvalue weighted by Gasteiger charge is -2.08. The molecule has 2 amide bonds. The second-order valence-corrected chi connectivity index (χ2v) is 4.35. The maximum Gasteiger partial charge on any atom is 0.269 e. The fourth-order valence-corrected chi connectivity index (χ4v) is 1.66. The molecular weight excluding hydrogens is 254 g/mol. The Morgan fingerprint density at radius 3 is 2.10 bits per heavy atom. The molecule has 0 aliphatic heterocycles. The van der Waals surface area contributed by atoms with Crippen LogP contribution in [0.15, 0.2) is 48.5 Å². The number of amides is 2. The van der Waals surface area contributed by atoms with Gasteiger partial charge in [-0.25, -0.2) is 0 Å². The monoisotopic (exact) mass is 269 g/mol. The zero-order chi connectivity index (χ0) is 14.5. The highest BCUT2D eigenvalue weighted by atomic mass is 16.2. The summed E-state index contributed by atoms with van der Waals surface area (Å²) in [5.41, 5.74) is 12.8. The predicted octanol–water partition coefficient (Wildman–Crippen LogP) is 1.65. The molecule has 0 heterocycles. The summed E-state index contributed by atoms with van der Waals surface area (Å²) < 4.78 is 0. The molecule has 5 nitrogen and oxygen atoms in total. The summed E-state index contributed by atoms with van der Waals surface area (Å²) in [6.07, 6.45) is 0. The lowest BCUT2D eigenvalue weighted by atomic mass is 10.1. The quantitative estimate of drug-likeness (QED) is 0.572. The average Bonchev–Trinajstić information content (AvgIpc) is 2.48. The molecule has 20 heavy (non-hydrogen) atoms. The van der Waals surface area contributed by atoms with E-state index < -0.39 is 5.91 Å². The van der Waals surface area contributed by atoms with Crippen molar-refractivity contribution in [2.45, 2.75) is 6.92 Å². The van der Waals surface area contributed by atoms with Crippen molar-refractivity contribution in [1.82, 2.24) is 10.9 Å². The molecule has 0 radical (unpaired) electrons. The number of nitrogens with two attached hydrogens (primary N) is 1. The van der Waals surface area contributed by atoms with Crippen molar-refractivity contribution >= 4 is 17.5 Å². The molecule has 0 atom stereocenters. The summed E-state index contributed by atoms with van der Waals surface area (Å²) in [6, 6.07) is 13.6. The number of benzene rings is 2. The van der Waals surface area contributed by atoms with Gasteiger partial charge < -0.3 is 5.73 Å². The van der Waals surface area contributed by atoms with E-state index >= 15 is 0 Å². The molecule has 0 saturated heterocycles. The molecule has 2 rings (SSSR count). The summed E-state index contributed by atoms with van der Waals surface area (Å²) in [5.74, 6) is -0.761. The van der Waals surface area contributed by atoms with Crippen LogP contribution < -0.4 is 16.6 Å². The summed E-state index contributed by atoms with van der Waals surface area (Å²) in [5, 5.41) is 0. The van der Waals surface area contributed by atoms with Crippen LogP contribution in [0.4, 0.5) is 5.69 Å². The SMILES string of the molecule is Cc1cc(C(=O)NNC(=O)c2ccccc2)ccc1N. The molecule has 2 aromatic carbocycles. The molecule has 0 unspecified atom stereocenters. The van der Waals surface area contributed by atoms with E-state index in [2.05, 4.69) is 10.9 Å². The number of anilines is 1. The summed E-state index contributed by atoms with van der Waals surface area (Å²) in [7, 11) is 0. The van der Waals surface area contributed by atoms with Gasteiger partial charge in [-0.3, -0.25) is 20.4 Å². The maximum absolute atomic E-state index is 11.9. The molecule has 2 aromatic rings. The van der Waals surface area contributed by atoms with Gasteiger partial charge in [0.25, 0.3) is 11.8 Å².